The number of nitrogens with one attached hydrogen (secondary N) is 1. The summed E-state index contributed by atoms with van der Waals surface area (Å²) >= 11 is 13.9. The van der Waals surface area contributed by atoms with Crippen LogP contribution in [-0.2, 0) is 17.9 Å². The van der Waals surface area contributed by atoms with Crippen LogP contribution in [0.2, 0.25) is 10.0 Å². The summed E-state index contributed by atoms with van der Waals surface area (Å²) in [6.07, 6.45) is 0.659. The lowest BCUT2D eigenvalue weighted by Crippen LogP contribution is -2.47. The Morgan fingerprint density at radius 2 is 1.80 bits per heavy atom. The highest BCUT2D eigenvalue weighted by atomic mass is 35.5. The van der Waals surface area contributed by atoms with E-state index in [1.807, 2.05) is 32.2 Å². The summed E-state index contributed by atoms with van der Waals surface area (Å²) < 4.78 is 13.4. The van der Waals surface area contributed by atoms with Crippen LogP contribution in [0.25, 0.3) is 0 Å². The topological polar surface area (TPSA) is 52.7 Å². The number of rotatable bonds is 9. The van der Waals surface area contributed by atoms with Crippen molar-refractivity contribution in [3.8, 4) is 0 Å². The first kappa shape index (κ1) is 27.0. The largest absolute Gasteiger partial charge is 0.332 e. The fourth-order valence-electron chi connectivity index (χ4n) is 3.46. The zero-order chi connectivity index (χ0) is 25.5. The number of hydrogen-bond acceptors (Lipinski definition) is 3. The third-order valence-electron chi connectivity index (χ3n) is 5.82. The summed E-state index contributed by atoms with van der Waals surface area (Å²) in [5.74, 6) is -0.546. The van der Waals surface area contributed by atoms with Crippen LogP contribution in [0.1, 0.15) is 36.3 Å². The maximum absolute atomic E-state index is 13.5. The third-order valence-corrected chi connectivity index (χ3v) is 7.65. The lowest BCUT2D eigenvalue weighted by atomic mass is 10.2. The first-order chi connectivity index (χ1) is 16.7. The number of carbonyl (C=O) groups excluding carboxylic acids is 2. The SMILES string of the molecule is CCC(C)N(CC(=O)N(Cc1ccc(F)cc1)Cc1sccc1C)C(=O)Nc1cccc(Cl)c1Cl. The van der Waals surface area contributed by atoms with Crippen molar-refractivity contribution >= 4 is 52.2 Å². The van der Waals surface area contributed by atoms with Crippen molar-refractivity contribution in [3.05, 3.63) is 85.8 Å². The number of halogens is 3. The second-order valence-electron chi connectivity index (χ2n) is 8.32. The number of benzene rings is 2. The molecular formula is C26H28Cl2FN3O2S. The van der Waals surface area contributed by atoms with Crippen molar-refractivity contribution in [2.45, 2.75) is 46.3 Å². The molecule has 186 valence electrons. The number of aryl methyl sites for hydroxylation is 1. The highest BCUT2D eigenvalue weighted by Crippen LogP contribution is 2.30. The highest BCUT2D eigenvalue weighted by molar-refractivity contribution is 7.10. The van der Waals surface area contributed by atoms with E-state index in [1.165, 1.54) is 17.0 Å². The fraction of sp³-hybridized carbons (Fsp3) is 0.308. The summed E-state index contributed by atoms with van der Waals surface area (Å²) in [6.45, 7) is 6.42. The molecule has 1 atom stereocenters. The molecule has 1 N–H and O–H groups in total. The fourth-order valence-corrected chi connectivity index (χ4v) is 4.73. The Kier molecular flexibility index (Phi) is 9.55. The van der Waals surface area contributed by atoms with Gasteiger partial charge >= 0.3 is 6.03 Å². The predicted molar refractivity (Wildman–Crippen MR) is 142 cm³/mol. The lowest BCUT2D eigenvalue weighted by Gasteiger charge is -2.31. The van der Waals surface area contributed by atoms with Gasteiger partial charge in [-0.1, -0.05) is 48.3 Å². The molecule has 0 aliphatic rings. The molecule has 0 aliphatic carbocycles. The molecule has 0 radical (unpaired) electrons. The van der Waals surface area contributed by atoms with Gasteiger partial charge in [0.05, 0.1) is 22.3 Å². The molecule has 0 fully saturated rings. The molecule has 35 heavy (non-hydrogen) atoms. The quantitative estimate of drug-likeness (QED) is 0.311. The Morgan fingerprint density at radius 3 is 2.43 bits per heavy atom. The van der Waals surface area contributed by atoms with E-state index >= 15 is 0 Å². The van der Waals surface area contributed by atoms with Gasteiger partial charge in [-0.15, -0.1) is 11.3 Å². The van der Waals surface area contributed by atoms with E-state index in [4.69, 9.17) is 23.2 Å². The molecule has 1 heterocycles. The van der Waals surface area contributed by atoms with Gasteiger partial charge in [0.1, 0.15) is 12.4 Å². The lowest BCUT2D eigenvalue weighted by molar-refractivity contribution is -0.133. The number of thiophene rings is 1. The number of anilines is 1. The van der Waals surface area contributed by atoms with E-state index in [2.05, 4.69) is 5.32 Å². The summed E-state index contributed by atoms with van der Waals surface area (Å²) in [5, 5.41) is 5.33. The van der Waals surface area contributed by atoms with Crippen LogP contribution in [0, 0.1) is 12.7 Å². The minimum absolute atomic E-state index is 0.120. The second-order valence-corrected chi connectivity index (χ2v) is 10.1. The van der Waals surface area contributed by atoms with Crippen LogP contribution < -0.4 is 5.32 Å². The molecule has 9 heteroatoms. The van der Waals surface area contributed by atoms with Gasteiger partial charge in [-0.3, -0.25) is 4.79 Å². The average Bonchev–Trinajstić information content (AvgIpc) is 3.24. The highest BCUT2D eigenvalue weighted by Gasteiger charge is 2.26. The first-order valence-electron chi connectivity index (χ1n) is 11.3. The van der Waals surface area contributed by atoms with Crippen LogP contribution in [-0.4, -0.2) is 34.3 Å². The van der Waals surface area contributed by atoms with Crippen molar-refractivity contribution in [2.75, 3.05) is 11.9 Å². The predicted octanol–water partition coefficient (Wildman–Crippen LogP) is 7.36. The maximum atomic E-state index is 13.5. The Hall–Kier alpha value is -2.61. The average molecular weight is 537 g/mol. The van der Waals surface area contributed by atoms with E-state index in [-0.39, 0.29) is 29.3 Å². The third kappa shape index (κ3) is 7.19. The van der Waals surface area contributed by atoms with Crippen molar-refractivity contribution in [3.63, 3.8) is 0 Å². The minimum atomic E-state index is -0.439. The molecule has 0 saturated heterocycles. The number of carbonyl (C=O) groups is 2. The monoisotopic (exact) mass is 535 g/mol. The summed E-state index contributed by atoms with van der Waals surface area (Å²) in [7, 11) is 0. The molecule has 0 aliphatic heterocycles. The van der Waals surface area contributed by atoms with E-state index in [9.17, 15) is 14.0 Å². The maximum Gasteiger partial charge on any atom is 0.322 e. The number of amides is 3. The Morgan fingerprint density at radius 1 is 1.09 bits per heavy atom. The minimum Gasteiger partial charge on any atom is -0.332 e. The zero-order valence-electron chi connectivity index (χ0n) is 19.9. The van der Waals surface area contributed by atoms with E-state index < -0.39 is 6.03 Å². The molecule has 1 aromatic heterocycles. The van der Waals surface area contributed by atoms with Crippen LogP contribution >= 0.6 is 34.5 Å². The van der Waals surface area contributed by atoms with Gasteiger partial charge in [0, 0.05) is 17.5 Å². The van der Waals surface area contributed by atoms with Gasteiger partial charge in [0.25, 0.3) is 0 Å². The van der Waals surface area contributed by atoms with Crippen molar-refractivity contribution in [1.82, 2.24) is 9.80 Å². The van der Waals surface area contributed by atoms with Crippen LogP contribution in [0.5, 0.6) is 0 Å². The number of hydrogen-bond donors (Lipinski definition) is 1. The molecule has 5 nitrogen and oxygen atoms in total. The standard InChI is InChI=1S/C26H28Cl2FN3O2S/c1-4-18(3)32(26(34)30-22-7-5-6-21(27)25(22)28)16-24(33)31(15-23-17(2)12-13-35-23)14-19-8-10-20(29)11-9-19/h5-13,18H,4,14-16H2,1-3H3,(H,30,34). The molecule has 3 amide bonds. The summed E-state index contributed by atoms with van der Waals surface area (Å²) in [4.78, 5) is 31.0. The van der Waals surface area contributed by atoms with E-state index in [1.54, 1.807) is 46.6 Å². The van der Waals surface area contributed by atoms with Gasteiger partial charge in [0.2, 0.25) is 5.91 Å². The van der Waals surface area contributed by atoms with Crippen molar-refractivity contribution in [2.24, 2.45) is 0 Å². The molecule has 1 unspecified atom stereocenters. The molecule has 0 bridgehead atoms. The number of nitrogens with zero attached hydrogens (tertiary/aromatic N) is 2. The van der Waals surface area contributed by atoms with Gasteiger partial charge < -0.3 is 15.1 Å². The van der Waals surface area contributed by atoms with Gasteiger partial charge in [-0.2, -0.15) is 0 Å². The van der Waals surface area contributed by atoms with Gasteiger partial charge in [0.15, 0.2) is 0 Å². The van der Waals surface area contributed by atoms with Gasteiger partial charge in [-0.25, -0.2) is 9.18 Å². The second kappa shape index (κ2) is 12.4. The van der Waals surface area contributed by atoms with Crippen LogP contribution in [0.15, 0.2) is 53.9 Å². The summed E-state index contributed by atoms with van der Waals surface area (Å²) in [6, 6.07) is 12.4. The molecule has 0 saturated carbocycles. The Balaban J connectivity index is 1.82. The molecule has 3 rings (SSSR count). The Bertz CT molecular complexity index is 1170. The Labute approximate surface area is 219 Å². The molecule has 3 aromatic rings. The van der Waals surface area contributed by atoms with E-state index in [0.717, 1.165) is 16.0 Å². The molecular weight excluding hydrogens is 508 g/mol. The zero-order valence-corrected chi connectivity index (χ0v) is 22.2. The van der Waals surface area contributed by atoms with Crippen molar-refractivity contribution in [1.29, 1.82) is 0 Å². The van der Waals surface area contributed by atoms with E-state index in [0.29, 0.717) is 30.2 Å². The number of urea groups is 1. The summed E-state index contributed by atoms with van der Waals surface area (Å²) in [5.41, 5.74) is 2.28. The van der Waals surface area contributed by atoms with Crippen molar-refractivity contribution < 1.29 is 14.0 Å². The van der Waals surface area contributed by atoms with Crippen LogP contribution in [0.3, 0.4) is 0 Å². The van der Waals surface area contributed by atoms with Crippen LogP contribution in [0.4, 0.5) is 14.9 Å². The first-order valence-corrected chi connectivity index (χ1v) is 12.9. The normalized spacial score (nSPS) is 11.7. The molecule has 2 aromatic carbocycles. The van der Waals surface area contributed by atoms with Gasteiger partial charge in [-0.05, 0) is 67.1 Å². The smallest absolute Gasteiger partial charge is 0.322 e. The molecule has 0 spiro atoms.